The number of hydrogen-bond donors (Lipinski definition) is 0. The molecule has 0 aliphatic heterocycles. The Kier molecular flexibility index (Phi) is 4.31. The van der Waals surface area contributed by atoms with Crippen LogP contribution in [0.3, 0.4) is 0 Å². The molecule has 26 heavy (non-hydrogen) atoms. The SMILES string of the molecule is CCc1ccc(-c2cnc(OC)nc2)cc1C1C(=O)[C@@H]2CC[C@@H](C2)C1=O. The second-order valence-electron chi connectivity index (χ2n) is 7.17. The zero-order valence-corrected chi connectivity index (χ0v) is 15.1. The van der Waals surface area contributed by atoms with E-state index in [2.05, 4.69) is 16.9 Å². The number of fused-ring (bicyclic) bond motifs is 2. The highest BCUT2D eigenvalue weighted by atomic mass is 16.5. The molecule has 1 heterocycles. The van der Waals surface area contributed by atoms with E-state index in [1.807, 2.05) is 18.2 Å². The predicted molar refractivity (Wildman–Crippen MR) is 97.0 cm³/mol. The van der Waals surface area contributed by atoms with E-state index in [4.69, 9.17) is 4.74 Å². The first-order valence-electron chi connectivity index (χ1n) is 9.19. The van der Waals surface area contributed by atoms with Gasteiger partial charge in [-0.2, -0.15) is 0 Å². The number of aryl methyl sites for hydroxylation is 1. The summed E-state index contributed by atoms with van der Waals surface area (Å²) in [6.45, 7) is 2.06. The Balaban J connectivity index is 1.77. The van der Waals surface area contributed by atoms with Crippen LogP contribution in [0.25, 0.3) is 11.1 Å². The molecule has 1 aromatic carbocycles. The first-order valence-corrected chi connectivity index (χ1v) is 9.19. The third-order valence-electron chi connectivity index (χ3n) is 5.79. The zero-order chi connectivity index (χ0) is 18.3. The van der Waals surface area contributed by atoms with Gasteiger partial charge in [-0.1, -0.05) is 19.1 Å². The van der Waals surface area contributed by atoms with Crippen molar-refractivity contribution in [2.75, 3.05) is 7.11 Å². The van der Waals surface area contributed by atoms with Gasteiger partial charge in [-0.3, -0.25) is 9.59 Å². The van der Waals surface area contributed by atoms with Gasteiger partial charge < -0.3 is 4.74 Å². The molecule has 2 aromatic rings. The van der Waals surface area contributed by atoms with Crippen LogP contribution in [0.5, 0.6) is 6.01 Å². The van der Waals surface area contributed by atoms with Crippen molar-refractivity contribution in [1.82, 2.24) is 9.97 Å². The normalized spacial score (nSPS) is 24.8. The van der Waals surface area contributed by atoms with Gasteiger partial charge in [0.1, 0.15) is 5.92 Å². The molecule has 5 heteroatoms. The Morgan fingerprint density at radius 2 is 1.69 bits per heavy atom. The lowest BCUT2D eigenvalue weighted by Crippen LogP contribution is -2.35. The molecule has 0 spiro atoms. The number of ether oxygens (including phenoxy) is 1. The maximum absolute atomic E-state index is 12.9. The van der Waals surface area contributed by atoms with Crippen molar-refractivity contribution in [2.24, 2.45) is 11.8 Å². The minimum atomic E-state index is -0.602. The number of aromatic nitrogens is 2. The van der Waals surface area contributed by atoms with Crippen molar-refractivity contribution in [2.45, 2.75) is 38.5 Å². The first-order chi connectivity index (χ1) is 12.6. The van der Waals surface area contributed by atoms with Crippen molar-refractivity contribution in [3.8, 4) is 17.1 Å². The molecule has 0 amide bonds. The molecular formula is C21H22N2O3. The third kappa shape index (κ3) is 2.71. The number of Topliss-reactive ketones (excluding diaryl/α,β-unsaturated/α-hetero) is 2. The number of methoxy groups -OCH3 is 1. The topological polar surface area (TPSA) is 69.2 Å². The summed E-state index contributed by atoms with van der Waals surface area (Å²) in [5.74, 6) is -0.265. The number of carbonyl (C=O) groups is 2. The van der Waals surface area contributed by atoms with Crippen LogP contribution in [0.4, 0.5) is 0 Å². The summed E-state index contributed by atoms with van der Waals surface area (Å²) in [5, 5.41) is 0. The number of rotatable bonds is 4. The number of benzene rings is 1. The van der Waals surface area contributed by atoms with Crippen LogP contribution in [-0.4, -0.2) is 28.6 Å². The Morgan fingerprint density at radius 1 is 1.04 bits per heavy atom. The molecule has 0 N–H and O–H groups in total. The van der Waals surface area contributed by atoms with Crippen LogP contribution in [0.15, 0.2) is 30.6 Å². The average Bonchev–Trinajstić information content (AvgIpc) is 3.14. The summed E-state index contributed by atoms with van der Waals surface area (Å²) in [4.78, 5) is 34.2. The molecular weight excluding hydrogens is 328 g/mol. The lowest BCUT2D eigenvalue weighted by atomic mass is 9.73. The summed E-state index contributed by atoms with van der Waals surface area (Å²) in [6.07, 6.45) is 6.66. The standard InChI is InChI=1S/C21H22N2O3/c1-3-12-4-5-13(16-10-22-21(26-2)23-11-16)9-17(12)18-19(24)14-6-7-15(8-14)20(18)25/h4-5,9-11,14-15,18H,3,6-8H2,1-2H3/t14-,15+,18?. The second kappa shape index (κ2) is 6.63. The molecule has 134 valence electrons. The first kappa shape index (κ1) is 16.9. The highest BCUT2D eigenvalue weighted by Gasteiger charge is 2.47. The van der Waals surface area contributed by atoms with Crippen molar-refractivity contribution < 1.29 is 14.3 Å². The minimum Gasteiger partial charge on any atom is -0.467 e. The van der Waals surface area contributed by atoms with Gasteiger partial charge >= 0.3 is 6.01 Å². The molecule has 0 radical (unpaired) electrons. The van der Waals surface area contributed by atoms with Crippen LogP contribution in [-0.2, 0) is 16.0 Å². The molecule has 2 fully saturated rings. The largest absolute Gasteiger partial charge is 0.467 e. The fourth-order valence-electron chi connectivity index (χ4n) is 4.35. The van der Waals surface area contributed by atoms with Crippen molar-refractivity contribution in [1.29, 1.82) is 0 Å². The van der Waals surface area contributed by atoms with Crippen LogP contribution < -0.4 is 4.74 Å². The maximum atomic E-state index is 12.9. The van der Waals surface area contributed by atoms with Crippen molar-refractivity contribution in [3.63, 3.8) is 0 Å². The van der Waals surface area contributed by atoms with E-state index >= 15 is 0 Å². The summed E-state index contributed by atoms with van der Waals surface area (Å²) in [5.41, 5.74) is 3.69. The van der Waals surface area contributed by atoms with Gasteiger partial charge in [0.25, 0.3) is 0 Å². The van der Waals surface area contributed by atoms with E-state index in [0.717, 1.165) is 47.9 Å². The highest BCUT2D eigenvalue weighted by molar-refractivity contribution is 6.12. The molecule has 2 bridgehead atoms. The smallest absolute Gasteiger partial charge is 0.316 e. The Bertz CT molecular complexity index is 838. The molecule has 1 unspecified atom stereocenters. The number of carbonyl (C=O) groups excluding carboxylic acids is 2. The average molecular weight is 350 g/mol. The molecule has 2 aliphatic carbocycles. The zero-order valence-electron chi connectivity index (χ0n) is 15.1. The van der Waals surface area contributed by atoms with Crippen LogP contribution >= 0.6 is 0 Å². The van der Waals surface area contributed by atoms with E-state index in [-0.39, 0.29) is 23.4 Å². The van der Waals surface area contributed by atoms with E-state index in [1.54, 1.807) is 12.4 Å². The summed E-state index contributed by atoms with van der Waals surface area (Å²) >= 11 is 0. The van der Waals surface area contributed by atoms with Crippen LogP contribution in [0, 0.1) is 11.8 Å². The quantitative estimate of drug-likeness (QED) is 0.791. The van der Waals surface area contributed by atoms with Gasteiger partial charge in [0.2, 0.25) is 0 Å². The predicted octanol–water partition coefficient (Wildman–Crippen LogP) is 3.37. The Labute approximate surface area is 152 Å². The van der Waals surface area contributed by atoms with E-state index < -0.39 is 5.92 Å². The Hall–Kier alpha value is -2.56. The van der Waals surface area contributed by atoms with E-state index in [9.17, 15) is 9.59 Å². The minimum absolute atomic E-state index is 0.0559. The van der Waals surface area contributed by atoms with Gasteiger partial charge in [0.15, 0.2) is 11.6 Å². The lowest BCUT2D eigenvalue weighted by molar-refractivity contribution is -0.135. The van der Waals surface area contributed by atoms with Gasteiger partial charge in [0.05, 0.1) is 7.11 Å². The molecule has 3 atom stereocenters. The monoisotopic (exact) mass is 350 g/mol. The number of hydrogen-bond acceptors (Lipinski definition) is 5. The maximum Gasteiger partial charge on any atom is 0.316 e. The fraction of sp³-hybridized carbons (Fsp3) is 0.429. The Morgan fingerprint density at radius 3 is 2.27 bits per heavy atom. The molecule has 5 nitrogen and oxygen atoms in total. The van der Waals surface area contributed by atoms with Gasteiger partial charge in [-0.05, 0) is 48.4 Å². The van der Waals surface area contributed by atoms with Crippen LogP contribution in [0.1, 0.15) is 43.2 Å². The van der Waals surface area contributed by atoms with Crippen molar-refractivity contribution >= 4 is 11.6 Å². The molecule has 0 saturated heterocycles. The summed E-state index contributed by atoms with van der Waals surface area (Å²) in [7, 11) is 1.53. The number of nitrogens with zero attached hydrogens (tertiary/aromatic N) is 2. The molecule has 1 aromatic heterocycles. The van der Waals surface area contributed by atoms with Gasteiger partial charge in [-0.25, -0.2) is 9.97 Å². The van der Waals surface area contributed by atoms with Gasteiger partial charge in [0, 0.05) is 29.8 Å². The molecule has 2 saturated carbocycles. The summed E-state index contributed by atoms with van der Waals surface area (Å²) < 4.78 is 5.01. The summed E-state index contributed by atoms with van der Waals surface area (Å²) in [6, 6.07) is 6.31. The van der Waals surface area contributed by atoms with E-state index in [1.165, 1.54) is 7.11 Å². The third-order valence-corrected chi connectivity index (χ3v) is 5.79. The molecule has 2 aliphatic rings. The van der Waals surface area contributed by atoms with E-state index in [0.29, 0.717) is 6.01 Å². The highest BCUT2D eigenvalue weighted by Crippen LogP contribution is 2.45. The number of ketones is 2. The second-order valence-corrected chi connectivity index (χ2v) is 7.17. The molecule has 4 rings (SSSR count). The van der Waals surface area contributed by atoms with Crippen LogP contribution in [0.2, 0.25) is 0 Å². The lowest BCUT2D eigenvalue weighted by Gasteiger charge is -2.27. The fourth-order valence-corrected chi connectivity index (χ4v) is 4.35. The van der Waals surface area contributed by atoms with Crippen molar-refractivity contribution in [3.05, 3.63) is 41.7 Å². The van der Waals surface area contributed by atoms with Gasteiger partial charge in [-0.15, -0.1) is 0 Å².